The standard InChI is InChI=1S/C14H20FNO2/c1-9(2)13(16-14(18)10(3)17)8-11-4-6-12(15)7-5-11/h4-7,9-10,13,17H,8H2,1-3H3,(H,16,18). The first-order chi connectivity index (χ1) is 8.40. The maximum Gasteiger partial charge on any atom is 0.248 e. The van der Waals surface area contributed by atoms with Crippen LogP contribution in [0.15, 0.2) is 24.3 Å². The average Bonchev–Trinajstić information content (AvgIpc) is 2.30. The molecule has 0 radical (unpaired) electrons. The molecular formula is C14H20FNO2. The Morgan fingerprint density at radius 3 is 2.28 bits per heavy atom. The summed E-state index contributed by atoms with van der Waals surface area (Å²) in [5.74, 6) is -0.415. The van der Waals surface area contributed by atoms with Gasteiger partial charge in [0.1, 0.15) is 11.9 Å². The maximum absolute atomic E-state index is 12.8. The smallest absolute Gasteiger partial charge is 0.248 e. The van der Waals surface area contributed by atoms with E-state index in [0.717, 1.165) is 5.56 Å². The molecule has 0 fully saturated rings. The molecule has 100 valence electrons. The Labute approximate surface area is 107 Å². The third kappa shape index (κ3) is 4.45. The molecule has 2 atom stereocenters. The van der Waals surface area contributed by atoms with E-state index in [1.807, 2.05) is 13.8 Å². The first kappa shape index (κ1) is 14.6. The normalized spacial score (nSPS) is 14.3. The van der Waals surface area contributed by atoms with E-state index < -0.39 is 6.10 Å². The average molecular weight is 253 g/mol. The molecule has 0 aliphatic rings. The fourth-order valence-corrected chi connectivity index (χ4v) is 1.63. The van der Waals surface area contributed by atoms with E-state index in [1.165, 1.54) is 19.1 Å². The van der Waals surface area contributed by atoms with Gasteiger partial charge in [0.15, 0.2) is 0 Å². The van der Waals surface area contributed by atoms with Gasteiger partial charge < -0.3 is 10.4 Å². The van der Waals surface area contributed by atoms with Crippen molar-refractivity contribution in [3.8, 4) is 0 Å². The van der Waals surface area contributed by atoms with Gasteiger partial charge in [0, 0.05) is 6.04 Å². The number of hydrogen-bond acceptors (Lipinski definition) is 2. The second-order valence-electron chi connectivity index (χ2n) is 4.87. The highest BCUT2D eigenvalue weighted by atomic mass is 19.1. The van der Waals surface area contributed by atoms with E-state index in [1.54, 1.807) is 12.1 Å². The lowest BCUT2D eigenvalue weighted by molar-refractivity contribution is -0.129. The molecule has 2 N–H and O–H groups in total. The topological polar surface area (TPSA) is 49.3 Å². The van der Waals surface area contributed by atoms with Gasteiger partial charge in [-0.2, -0.15) is 0 Å². The highest BCUT2D eigenvalue weighted by Gasteiger charge is 2.19. The van der Waals surface area contributed by atoms with Gasteiger partial charge in [0.25, 0.3) is 0 Å². The number of halogens is 1. The Morgan fingerprint density at radius 1 is 1.28 bits per heavy atom. The summed E-state index contributed by atoms with van der Waals surface area (Å²) in [7, 11) is 0. The van der Waals surface area contributed by atoms with Crippen LogP contribution in [0.4, 0.5) is 4.39 Å². The molecule has 0 bridgehead atoms. The van der Waals surface area contributed by atoms with Crippen LogP contribution in [0, 0.1) is 11.7 Å². The number of aliphatic hydroxyl groups is 1. The van der Waals surface area contributed by atoms with Crippen molar-refractivity contribution in [1.29, 1.82) is 0 Å². The Balaban J connectivity index is 2.68. The molecular weight excluding hydrogens is 233 g/mol. The Kier molecular flexibility index (Phi) is 5.28. The van der Waals surface area contributed by atoms with Crippen molar-refractivity contribution in [2.24, 2.45) is 5.92 Å². The number of nitrogens with one attached hydrogen (secondary N) is 1. The van der Waals surface area contributed by atoms with Crippen LogP contribution in [-0.4, -0.2) is 23.2 Å². The number of carbonyl (C=O) groups is 1. The second-order valence-corrected chi connectivity index (χ2v) is 4.87. The lowest BCUT2D eigenvalue weighted by atomic mass is 9.96. The summed E-state index contributed by atoms with van der Waals surface area (Å²) in [5.41, 5.74) is 0.959. The second kappa shape index (κ2) is 6.50. The molecule has 0 aliphatic heterocycles. The molecule has 4 heteroatoms. The van der Waals surface area contributed by atoms with E-state index >= 15 is 0 Å². The highest BCUT2D eigenvalue weighted by Crippen LogP contribution is 2.11. The van der Waals surface area contributed by atoms with Crippen LogP contribution in [0.2, 0.25) is 0 Å². The SMILES string of the molecule is CC(O)C(=O)NC(Cc1ccc(F)cc1)C(C)C. The summed E-state index contributed by atoms with van der Waals surface area (Å²) < 4.78 is 12.8. The van der Waals surface area contributed by atoms with Crippen LogP contribution in [0.25, 0.3) is 0 Å². The van der Waals surface area contributed by atoms with E-state index in [2.05, 4.69) is 5.32 Å². The first-order valence-corrected chi connectivity index (χ1v) is 6.13. The lowest BCUT2D eigenvalue weighted by Gasteiger charge is -2.23. The predicted molar refractivity (Wildman–Crippen MR) is 68.6 cm³/mol. The maximum atomic E-state index is 12.8. The van der Waals surface area contributed by atoms with Crippen molar-refractivity contribution in [1.82, 2.24) is 5.32 Å². The van der Waals surface area contributed by atoms with Crippen molar-refractivity contribution in [2.75, 3.05) is 0 Å². The van der Waals surface area contributed by atoms with Crippen LogP contribution >= 0.6 is 0 Å². The zero-order valence-electron chi connectivity index (χ0n) is 11.0. The van der Waals surface area contributed by atoms with Crippen molar-refractivity contribution in [3.05, 3.63) is 35.6 Å². The summed E-state index contributed by atoms with van der Waals surface area (Å²) in [6.07, 6.45) is -0.393. The molecule has 1 rings (SSSR count). The summed E-state index contributed by atoms with van der Waals surface area (Å²) in [6, 6.07) is 6.16. The zero-order chi connectivity index (χ0) is 13.7. The van der Waals surface area contributed by atoms with Gasteiger partial charge in [-0.25, -0.2) is 4.39 Å². The van der Waals surface area contributed by atoms with Crippen molar-refractivity contribution in [3.63, 3.8) is 0 Å². The largest absolute Gasteiger partial charge is 0.384 e. The van der Waals surface area contributed by atoms with E-state index in [0.29, 0.717) is 6.42 Å². The summed E-state index contributed by atoms with van der Waals surface area (Å²) >= 11 is 0. The fraction of sp³-hybridized carbons (Fsp3) is 0.500. The Bertz CT molecular complexity index is 387. The summed E-state index contributed by atoms with van der Waals surface area (Å²) in [5, 5.41) is 12.0. The Morgan fingerprint density at radius 2 is 1.83 bits per heavy atom. The molecule has 0 aromatic heterocycles. The fourth-order valence-electron chi connectivity index (χ4n) is 1.63. The third-order valence-electron chi connectivity index (χ3n) is 2.88. The third-order valence-corrected chi connectivity index (χ3v) is 2.88. The lowest BCUT2D eigenvalue weighted by Crippen LogP contribution is -2.44. The van der Waals surface area contributed by atoms with Gasteiger partial charge in [-0.1, -0.05) is 26.0 Å². The molecule has 0 saturated carbocycles. The summed E-state index contributed by atoms with van der Waals surface area (Å²) in [4.78, 5) is 11.5. The van der Waals surface area contributed by atoms with E-state index in [4.69, 9.17) is 0 Å². The molecule has 3 nitrogen and oxygen atoms in total. The molecule has 2 unspecified atom stereocenters. The monoisotopic (exact) mass is 253 g/mol. The van der Waals surface area contributed by atoms with Crippen LogP contribution in [0.3, 0.4) is 0 Å². The molecule has 1 aromatic rings. The number of benzene rings is 1. The van der Waals surface area contributed by atoms with Crippen molar-refractivity contribution in [2.45, 2.75) is 39.3 Å². The number of rotatable bonds is 5. The molecule has 0 heterocycles. The molecule has 0 aliphatic carbocycles. The Hall–Kier alpha value is -1.42. The number of hydrogen-bond donors (Lipinski definition) is 2. The number of amides is 1. The van der Waals surface area contributed by atoms with Crippen molar-refractivity contribution >= 4 is 5.91 Å². The molecule has 1 amide bonds. The zero-order valence-corrected chi connectivity index (χ0v) is 11.0. The summed E-state index contributed by atoms with van der Waals surface area (Å²) in [6.45, 7) is 5.43. The van der Waals surface area contributed by atoms with Gasteiger partial charge in [-0.3, -0.25) is 4.79 Å². The van der Waals surface area contributed by atoms with Gasteiger partial charge in [-0.15, -0.1) is 0 Å². The van der Waals surface area contributed by atoms with Gasteiger partial charge in [-0.05, 0) is 37.0 Å². The van der Waals surface area contributed by atoms with Crippen molar-refractivity contribution < 1.29 is 14.3 Å². The van der Waals surface area contributed by atoms with E-state index in [9.17, 15) is 14.3 Å². The van der Waals surface area contributed by atoms with Gasteiger partial charge in [0.05, 0.1) is 0 Å². The molecule has 0 spiro atoms. The number of carbonyl (C=O) groups excluding carboxylic acids is 1. The van der Waals surface area contributed by atoms with Crippen LogP contribution in [0.5, 0.6) is 0 Å². The number of aliphatic hydroxyl groups excluding tert-OH is 1. The van der Waals surface area contributed by atoms with E-state index in [-0.39, 0.29) is 23.7 Å². The highest BCUT2D eigenvalue weighted by molar-refractivity contribution is 5.80. The molecule has 1 aromatic carbocycles. The van der Waals surface area contributed by atoms with Crippen LogP contribution < -0.4 is 5.32 Å². The van der Waals surface area contributed by atoms with Gasteiger partial charge in [0.2, 0.25) is 5.91 Å². The van der Waals surface area contributed by atoms with Crippen LogP contribution in [0.1, 0.15) is 26.3 Å². The first-order valence-electron chi connectivity index (χ1n) is 6.13. The van der Waals surface area contributed by atoms with Gasteiger partial charge >= 0.3 is 0 Å². The minimum atomic E-state index is -1.01. The molecule has 0 saturated heterocycles. The quantitative estimate of drug-likeness (QED) is 0.842. The predicted octanol–water partition coefficient (Wildman–Crippen LogP) is 1.89. The minimum Gasteiger partial charge on any atom is -0.384 e. The molecule has 18 heavy (non-hydrogen) atoms. The minimum absolute atomic E-state index is 0.0717. The van der Waals surface area contributed by atoms with Crippen LogP contribution in [-0.2, 0) is 11.2 Å².